The summed E-state index contributed by atoms with van der Waals surface area (Å²) in [6.45, 7) is 6.29. The minimum absolute atomic E-state index is 0.577. The number of nitrogens with zero attached hydrogens (tertiary/aromatic N) is 6. The summed E-state index contributed by atoms with van der Waals surface area (Å²) in [5.74, 6) is 1.47. The molecule has 0 aliphatic carbocycles. The van der Waals surface area contributed by atoms with Gasteiger partial charge in [-0.1, -0.05) is 0 Å². The predicted molar refractivity (Wildman–Crippen MR) is 118 cm³/mol. The van der Waals surface area contributed by atoms with Gasteiger partial charge in [0.25, 0.3) is 0 Å². The first-order valence-electron chi connectivity index (χ1n) is 10.2. The molecule has 0 amide bonds. The zero-order chi connectivity index (χ0) is 20.1. The summed E-state index contributed by atoms with van der Waals surface area (Å²) in [5.41, 5.74) is 3.10. The normalized spacial score (nSPS) is 17.7. The number of likely N-dealkylation sites (N-methyl/N-ethyl adjacent to an activating group) is 1. The Hall–Kier alpha value is -3.11. The molecule has 4 rings (SSSR count). The molecule has 2 aliphatic rings. The maximum atomic E-state index is 8.85. The summed E-state index contributed by atoms with van der Waals surface area (Å²) in [5, 5.41) is 12.2. The lowest BCUT2D eigenvalue weighted by Gasteiger charge is -2.34. The summed E-state index contributed by atoms with van der Waals surface area (Å²) in [6, 6.07) is 10.5. The van der Waals surface area contributed by atoms with Crippen LogP contribution in [0.2, 0.25) is 0 Å². The van der Waals surface area contributed by atoms with Gasteiger partial charge in [0.2, 0.25) is 5.95 Å². The lowest BCUT2D eigenvalue weighted by molar-refractivity contribution is 0.313. The second-order valence-corrected chi connectivity index (χ2v) is 7.59. The number of hydrogen-bond donors (Lipinski definition) is 1. The number of nitriles is 1. The lowest BCUT2D eigenvalue weighted by Crippen LogP contribution is -2.44. The molecule has 3 heterocycles. The highest BCUT2D eigenvalue weighted by Crippen LogP contribution is 2.26. The molecular weight excluding hydrogens is 362 g/mol. The van der Waals surface area contributed by atoms with Crippen LogP contribution in [0.4, 0.5) is 23.1 Å². The van der Waals surface area contributed by atoms with E-state index in [1.165, 1.54) is 24.6 Å². The van der Waals surface area contributed by atoms with E-state index in [4.69, 9.17) is 10.2 Å². The Morgan fingerprint density at radius 3 is 2.41 bits per heavy atom. The molecule has 1 N–H and O–H groups in total. The molecule has 2 aliphatic heterocycles. The maximum Gasteiger partial charge on any atom is 0.229 e. The summed E-state index contributed by atoms with van der Waals surface area (Å²) in [4.78, 5) is 16.2. The third kappa shape index (κ3) is 4.66. The number of rotatable bonds is 5. The molecule has 2 saturated heterocycles. The van der Waals surface area contributed by atoms with Crippen molar-refractivity contribution in [3.8, 4) is 6.07 Å². The number of aromatic nitrogens is 2. The van der Waals surface area contributed by atoms with Crippen molar-refractivity contribution in [1.29, 1.82) is 5.26 Å². The van der Waals surface area contributed by atoms with Crippen molar-refractivity contribution in [2.45, 2.75) is 12.8 Å². The van der Waals surface area contributed by atoms with Crippen LogP contribution in [0.25, 0.3) is 6.08 Å². The van der Waals surface area contributed by atoms with Crippen LogP contribution in [-0.4, -0.2) is 61.2 Å². The number of anilines is 4. The van der Waals surface area contributed by atoms with Crippen molar-refractivity contribution in [2.24, 2.45) is 0 Å². The molecule has 7 heteroatoms. The Balaban J connectivity index is 1.49. The van der Waals surface area contributed by atoms with Gasteiger partial charge in [0.05, 0.1) is 6.07 Å². The third-order valence-electron chi connectivity index (χ3n) is 5.53. The summed E-state index contributed by atoms with van der Waals surface area (Å²) in [6.07, 6.45) is 7.38. The van der Waals surface area contributed by atoms with Crippen LogP contribution in [0.3, 0.4) is 0 Å². The van der Waals surface area contributed by atoms with Gasteiger partial charge in [-0.25, -0.2) is 4.98 Å². The van der Waals surface area contributed by atoms with Crippen LogP contribution in [-0.2, 0) is 0 Å². The van der Waals surface area contributed by atoms with Crippen molar-refractivity contribution < 1.29 is 0 Å². The van der Waals surface area contributed by atoms with Crippen LogP contribution < -0.4 is 15.1 Å². The van der Waals surface area contributed by atoms with Gasteiger partial charge in [-0.2, -0.15) is 10.2 Å². The number of allylic oxidation sites excluding steroid dienone is 1. The first-order chi connectivity index (χ1) is 14.2. The summed E-state index contributed by atoms with van der Waals surface area (Å²) < 4.78 is 0. The van der Waals surface area contributed by atoms with Crippen molar-refractivity contribution >= 4 is 29.2 Å². The Morgan fingerprint density at radius 2 is 1.72 bits per heavy atom. The third-order valence-corrected chi connectivity index (χ3v) is 5.53. The Morgan fingerprint density at radius 1 is 1.00 bits per heavy atom. The van der Waals surface area contributed by atoms with Gasteiger partial charge < -0.3 is 20.0 Å². The zero-order valence-corrected chi connectivity index (χ0v) is 16.9. The fourth-order valence-electron chi connectivity index (χ4n) is 3.82. The standard InChI is InChI=1S/C22H27N7/c1-27-13-15-28(16-14-27)20-8-6-19(7-9-20)25-22-24-17-18(5-4-10-23)21(26-22)29-11-2-3-12-29/h4-9,17H,2-3,11-16H2,1H3,(H,24,25,26). The van der Waals surface area contributed by atoms with Crippen LogP contribution in [0.5, 0.6) is 0 Å². The molecule has 2 fully saturated rings. The Kier molecular flexibility index (Phi) is 5.92. The molecule has 29 heavy (non-hydrogen) atoms. The number of piperazine rings is 1. The van der Waals surface area contributed by atoms with E-state index in [1.54, 1.807) is 12.3 Å². The first kappa shape index (κ1) is 19.2. The van der Waals surface area contributed by atoms with Crippen molar-refractivity contribution in [3.63, 3.8) is 0 Å². The molecule has 1 aromatic carbocycles. The highest BCUT2D eigenvalue weighted by Gasteiger charge is 2.18. The second kappa shape index (κ2) is 8.93. The highest BCUT2D eigenvalue weighted by molar-refractivity contribution is 5.67. The molecule has 0 saturated carbocycles. The van der Waals surface area contributed by atoms with E-state index < -0.39 is 0 Å². The predicted octanol–water partition coefficient (Wildman–Crippen LogP) is 3.11. The van der Waals surface area contributed by atoms with E-state index in [0.29, 0.717) is 5.95 Å². The minimum Gasteiger partial charge on any atom is -0.369 e. The van der Waals surface area contributed by atoms with Crippen molar-refractivity contribution in [3.05, 3.63) is 42.1 Å². The van der Waals surface area contributed by atoms with Gasteiger partial charge in [-0.3, -0.25) is 0 Å². The molecule has 0 bridgehead atoms. The highest BCUT2D eigenvalue weighted by atomic mass is 15.3. The number of hydrogen-bond acceptors (Lipinski definition) is 7. The SMILES string of the molecule is CN1CCN(c2ccc(Nc3ncc(C=CC#N)c(N4CCCC4)n3)cc2)CC1. The van der Waals surface area contributed by atoms with Crippen LogP contribution >= 0.6 is 0 Å². The zero-order valence-electron chi connectivity index (χ0n) is 16.9. The largest absolute Gasteiger partial charge is 0.369 e. The molecule has 0 spiro atoms. The van der Waals surface area contributed by atoms with Gasteiger partial charge in [0, 0.05) is 68.5 Å². The average Bonchev–Trinajstić information content (AvgIpc) is 3.29. The van der Waals surface area contributed by atoms with Gasteiger partial charge in [0.15, 0.2) is 0 Å². The van der Waals surface area contributed by atoms with Gasteiger partial charge in [-0.05, 0) is 50.2 Å². The number of nitrogens with one attached hydrogen (secondary N) is 1. The second-order valence-electron chi connectivity index (χ2n) is 7.59. The van der Waals surface area contributed by atoms with Crippen LogP contribution in [0, 0.1) is 11.3 Å². The summed E-state index contributed by atoms with van der Waals surface area (Å²) in [7, 11) is 2.17. The van der Waals surface area contributed by atoms with Crippen LogP contribution in [0.15, 0.2) is 36.5 Å². The van der Waals surface area contributed by atoms with E-state index in [9.17, 15) is 0 Å². The maximum absolute atomic E-state index is 8.85. The average molecular weight is 390 g/mol. The van der Waals surface area contributed by atoms with E-state index in [1.807, 2.05) is 6.07 Å². The number of benzene rings is 1. The van der Waals surface area contributed by atoms with Gasteiger partial charge in [0.1, 0.15) is 5.82 Å². The molecule has 0 radical (unpaired) electrons. The van der Waals surface area contributed by atoms with Crippen LogP contribution in [0.1, 0.15) is 18.4 Å². The Bertz CT molecular complexity index is 886. The van der Waals surface area contributed by atoms with Crippen molar-refractivity contribution in [1.82, 2.24) is 14.9 Å². The quantitative estimate of drug-likeness (QED) is 0.788. The van der Waals surface area contributed by atoms with E-state index in [0.717, 1.165) is 56.3 Å². The minimum atomic E-state index is 0.577. The fraction of sp³-hybridized carbons (Fsp3) is 0.409. The monoisotopic (exact) mass is 389 g/mol. The molecule has 150 valence electrons. The molecular formula is C22H27N7. The smallest absolute Gasteiger partial charge is 0.229 e. The molecule has 2 aromatic rings. The fourth-order valence-corrected chi connectivity index (χ4v) is 3.82. The summed E-state index contributed by atoms with van der Waals surface area (Å²) >= 11 is 0. The van der Waals surface area contributed by atoms with Gasteiger partial charge >= 0.3 is 0 Å². The van der Waals surface area contributed by atoms with E-state index >= 15 is 0 Å². The molecule has 7 nitrogen and oxygen atoms in total. The lowest BCUT2D eigenvalue weighted by atomic mass is 10.2. The topological polar surface area (TPSA) is 71.3 Å². The van der Waals surface area contributed by atoms with E-state index in [-0.39, 0.29) is 0 Å². The van der Waals surface area contributed by atoms with Crippen molar-refractivity contribution in [2.75, 3.05) is 61.4 Å². The molecule has 1 aromatic heterocycles. The molecule has 0 unspecified atom stereocenters. The first-order valence-corrected chi connectivity index (χ1v) is 10.2. The molecule has 0 atom stereocenters. The Labute approximate surface area is 172 Å². The van der Waals surface area contributed by atoms with Gasteiger partial charge in [-0.15, -0.1) is 0 Å². The van der Waals surface area contributed by atoms with E-state index in [2.05, 4.69) is 56.3 Å².